The van der Waals surface area contributed by atoms with Gasteiger partial charge in [0.05, 0.1) is 4.47 Å². The van der Waals surface area contributed by atoms with Crippen molar-refractivity contribution in [3.63, 3.8) is 0 Å². The van der Waals surface area contributed by atoms with Crippen LogP contribution in [0, 0.1) is 5.92 Å². The molecular formula is C11H15BrN2. The molecule has 0 amide bonds. The smallest absolute Gasteiger partial charge is 0.140 e. The summed E-state index contributed by atoms with van der Waals surface area (Å²) in [4.78, 5) is 4.29. The van der Waals surface area contributed by atoms with E-state index in [-0.39, 0.29) is 0 Å². The number of hydrogen-bond donors (Lipinski definition) is 1. The van der Waals surface area contributed by atoms with E-state index < -0.39 is 0 Å². The second-order valence-corrected chi connectivity index (χ2v) is 4.91. The molecule has 1 N–H and O–H groups in total. The van der Waals surface area contributed by atoms with Crippen LogP contribution in [-0.2, 0) is 0 Å². The minimum absolute atomic E-state index is 0.522. The van der Waals surface area contributed by atoms with Crippen molar-refractivity contribution in [1.29, 1.82) is 0 Å². The van der Waals surface area contributed by atoms with Gasteiger partial charge in [0.1, 0.15) is 5.82 Å². The molecule has 3 heteroatoms. The lowest BCUT2D eigenvalue weighted by atomic mass is 10.1. The quantitative estimate of drug-likeness (QED) is 0.891. The number of nitrogens with one attached hydrogen (secondary N) is 1. The molecule has 0 bridgehead atoms. The number of rotatable bonds is 4. The van der Waals surface area contributed by atoms with Crippen LogP contribution in [-0.4, -0.2) is 11.0 Å². The van der Waals surface area contributed by atoms with Crippen molar-refractivity contribution in [2.75, 3.05) is 5.32 Å². The van der Waals surface area contributed by atoms with Crippen molar-refractivity contribution in [2.24, 2.45) is 5.92 Å². The molecule has 1 aliphatic rings. The molecule has 1 unspecified atom stereocenters. The largest absolute Gasteiger partial charge is 0.367 e. The zero-order chi connectivity index (χ0) is 9.97. The lowest BCUT2D eigenvalue weighted by Crippen LogP contribution is -2.16. The highest BCUT2D eigenvalue weighted by Crippen LogP contribution is 2.34. The Morgan fingerprint density at radius 1 is 1.64 bits per heavy atom. The van der Waals surface area contributed by atoms with Crippen LogP contribution in [0.5, 0.6) is 0 Å². The molecule has 2 rings (SSSR count). The average molecular weight is 255 g/mol. The van der Waals surface area contributed by atoms with Gasteiger partial charge in [0.25, 0.3) is 0 Å². The summed E-state index contributed by atoms with van der Waals surface area (Å²) in [5.41, 5.74) is 0. The molecule has 1 fully saturated rings. The third kappa shape index (κ3) is 2.71. The maximum atomic E-state index is 4.29. The van der Waals surface area contributed by atoms with E-state index >= 15 is 0 Å². The summed E-state index contributed by atoms with van der Waals surface area (Å²) < 4.78 is 1.04. The van der Waals surface area contributed by atoms with Gasteiger partial charge in [-0.3, -0.25) is 0 Å². The highest BCUT2D eigenvalue weighted by atomic mass is 79.9. The van der Waals surface area contributed by atoms with Gasteiger partial charge in [-0.1, -0.05) is 12.8 Å². The number of nitrogens with zero attached hydrogens (tertiary/aromatic N) is 1. The third-order valence-corrected chi connectivity index (χ3v) is 3.17. The highest BCUT2D eigenvalue weighted by molar-refractivity contribution is 9.10. The van der Waals surface area contributed by atoms with Gasteiger partial charge in [0.15, 0.2) is 0 Å². The molecule has 14 heavy (non-hydrogen) atoms. The standard InChI is InChI=1S/C11H15BrN2/c1-8(7-9-4-5-9)14-11-10(12)3-2-6-13-11/h2-3,6,8-9H,4-5,7H2,1H3,(H,13,14). The number of pyridine rings is 1. The zero-order valence-electron chi connectivity index (χ0n) is 8.33. The third-order valence-electron chi connectivity index (χ3n) is 2.53. The molecule has 1 atom stereocenters. The highest BCUT2D eigenvalue weighted by Gasteiger charge is 2.23. The first kappa shape index (κ1) is 9.97. The van der Waals surface area contributed by atoms with E-state index in [0.717, 1.165) is 16.2 Å². The Morgan fingerprint density at radius 3 is 3.07 bits per heavy atom. The molecule has 1 saturated carbocycles. The Labute approximate surface area is 93.3 Å². The number of anilines is 1. The second-order valence-electron chi connectivity index (χ2n) is 4.06. The number of halogens is 1. The Morgan fingerprint density at radius 2 is 2.43 bits per heavy atom. The molecule has 0 aromatic carbocycles. The monoisotopic (exact) mass is 254 g/mol. The lowest BCUT2D eigenvalue weighted by Gasteiger charge is -2.14. The molecule has 1 aliphatic carbocycles. The summed E-state index contributed by atoms with van der Waals surface area (Å²) in [7, 11) is 0. The van der Waals surface area contributed by atoms with Crippen LogP contribution in [0.15, 0.2) is 22.8 Å². The van der Waals surface area contributed by atoms with E-state index in [9.17, 15) is 0 Å². The lowest BCUT2D eigenvalue weighted by molar-refractivity contribution is 0.640. The maximum Gasteiger partial charge on any atom is 0.140 e. The zero-order valence-corrected chi connectivity index (χ0v) is 9.92. The molecule has 1 aromatic rings. The van der Waals surface area contributed by atoms with Crippen LogP contribution in [0.4, 0.5) is 5.82 Å². The van der Waals surface area contributed by atoms with E-state index in [1.54, 1.807) is 0 Å². The van der Waals surface area contributed by atoms with E-state index in [4.69, 9.17) is 0 Å². The summed E-state index contributed by atoms with van der Waals surface area (Å²) in [5.74, 6) is 1.92. The van der Waals surface area contributed by atoms with Crippen LogP contribution >= 0.6 is 15.9 Å². The minimum atomic E-state index is 0.522. The van der Waals surface area contributed by atoms with Crippen molar-refractivity contribution < 1.29 is 0 Å². The molecule has 2 nitrogen and oxygen atoms in total. The van der Waals surface area contributed by atoms with E-state index in [1.165, 1.54) is 19.3 Å². The molecule has 0 spiro atoms. The van der Waals surface area contributed by atoms with E-state index in [1.807, 2.05) is 18.3 Å². The first-order chi connectivity index (χ1) is 6.75. The Kier molecular flexibility index (Phi) is 3.06. The predicted molar refractivity (Wildman–Crippen MR) is 62.4 cm³/mol. The van der Waals surface area contributed by atoms with Crippen molar-refractivity contribution in [3.8, 4) is 0 Å². The number of aromatic nitrogens is 1. The van der Waals surface area contributed by atoms with Crippen LogP contribution in [0.1, 0.15) is 26.2 Å². The van der Waals surface area contributed by atoms with Gasteiger partial charge >= 0.3 is 0 Å². The van der Waals surface area contributed by atoms with Crippen LogP contribution in [0.2, 0.25) is 0 Å². The molecule has 0 radical (unpaired) electrons. The van der Waals surface area contributed by atoms with Gasteiger partial charge in [0, 0.05) is 12.2 Å². The first-order valence-electron chi connectivity index (χ1n) is 5.13. The minimum Gasteiger partial charge on any atom is -0.367 e. The van der Waals surface area contributed by atoms with Gasteiger partial charge in [-0.05, 0) is 47.3 Å². The molecule has 0 aliphatic heterocycles. The Hall–Kier alpha value is -0.570. The summed E-state index contributed by atoms with van der Waals surface area (Å²) in [5, 5.41) is 3.42. The fourth-order valence-corrected chi connectivity index (χ4v) is 2.01. The van der Waals surface area contributed by atoms with Crippen LogP contribution < -0.4 is 5.32 Å². The van der Waals surface area contributed by atoms with Gasteiger partial charge < -0.3 is 5.32 Å². The fourth-order valence-electron chi connectivity index (χ4n) is 1.64. The SMILES string of the molecule is CC(CC1CC1)Nc1ncccc1Br. The second kappa shape index (κ2) is 4.30. The van der Waals surface area contributed by atoms with Gasteiger partial charge in [-0.25, -0.2) is 4.98 Å². The van der Waals surface area contributed by atoms with Gasteiger partial charge in [-0.15, -0.1) is 0 Å². The van der Waals surface area contributed by atoms with Crippen molar-refractivity contribution in [3.05, 3.63) is 22.8 Å². The predicted octanol–water partition coefficient (Wildman–Crippen LogP) is 3.44. The fraction of sp³-hybridized carbons (Fsp3) is 0.545. The van der Waals surface area contributed by atoms with Crippen molar-refractivity contribution >= 4 is 21.7 Å². The van der Waals surface area contributed by atoms with Gasteiger partial charge in [-0.2, -0.15) is 0 Å². The summed E-state index contributed by atoms with van der Waals surface area (Å²) in [6, 6.07) is 4.47. The average Bonchev–Trinajstić information content (AvgIpc) is 2.93. The normalized spacial score (nSPS) is 17.9. The topological polar surface area (TPSA) is 24.9 Å². The van der Waals surface area contributed by atoms with E-state index in [0.29, 0.717) is 6.04 Å². The van der Waals surface area contributed by atoms with E-state index in [2.05, 4.69) is 33.2 Å². The van der Waals surface area contributed by atoms with Gasteiger partial charge in [0.2, 0.25) is 0 Å². The molecule has 0 saturated heterocycles. The Balaban J connectivity index is 1.91. The molecular weight excluding hydrogens is 240 g/mol. The molecule has 1 heterocycles. The molecule has 76 valence electrons. The maximum absolute atomic E-state index is 4.29. The van der Waals surface area contributed by atoms with Crippen molar-refractivity contribution in [1.82, 2.24) is 4.98 Å². The Bertz CT molecular complexity index is 310. The van der Waals surface area contributed by atoms with Crippen molar-refractivity contribution in [2.45, 2.75) is 32.2 Å². The molecule has 1 aromatic heterocycles. The first-order valence-corrected chi connectivity index (χ1v) is 5.92. The summed E-state index contributed by atoms with van der Waals surface area (Å²) >= 11 is 3.48. The van der Waals surface area contributed by atoms with Crippen LogP contribution in [0.3, 0.4) is 0 Å². The summed E-state index contributed by atoms with van der Waals surface area (Å²) in [6.07, 6.45) is 5.91. The summed E-state index contributed by atoms with van der Waals surface area (Å²) in [6.45, 7) is 2.22. The number of hydrogen-bond acceptors (Lipinski definition) is 2. The van der Waals surface area contributed by atoms with Crippen LogP contribution in [0.25, 0.3) is 0 Å².